The number of carbonyl (C=O) groups is 1. The molecule has 0 bridgehead atoms. The van der Waals surface area contributed by atoms with Crippen molar-refractivity contribution in [3.8, 4) is 0 Å². The average Bonchev–Trinajstić information content (AvgIpc) is 2.16. The first-order valence-corrected chi connectivity index (χ1v) is 4.86. The van der Waals surface area contributed by atoms with Crippen LogP contribution in [0.5, 0.6) is 0 Å². The van der Waals surface area contributed by atoms with Crippen LogP contribution < -0.4 is 11.1 Å². The van der Waals surface area contributed by atoms with Crippen LogP contribution in [0.1, 0.15) is 32.6 Å². The van der Waals surface area contributed by atoms with Gasteiger partial charge in [0, 0.05) is 6.42 Å². The zero-order valence-corrected chi connectivity index (χ0v) is 8.48. The van der Waals surface area contributed by atoms with E-state index in [1.165, 1.54) is 0 Å². The highest BCUT2D eigenvalue weighted by Gasteiger charge is 2.26. The van der Waals surface area contributed by atoms with E-state index in [0.717, 1.165) is 19.3 Å². The molecule has 0 aromatic carbocycles. The first-order valence-electron chi connectivity index (χ1n) is 4.86. The lowest BCUT2D eigenvalue weighted by Crippen LogP contribution is -2.41. The Balaban J connectivity index is 3.53. The molecule has 0 atom stereocenters. The molecule has 0 rings (SSSR count). The molecule has 1 amide bonds. The van der Waals surface area contributed by atoms with E-state index in [1.807, 2.05) is 6.92 Å². The molecule has 0 saturated heterocycles. The molecule has 0 radical (unpaired) electrons. The molecule has 14 heavy (non-hydrogen) atoms. The van der Waals surface area contributed by atoms with Crippen molar-refractivity contribution in [1.82, 2.24) is 5.32 Å². The number of alkyl halides is 2. The third-order valence-electron chi connectivity index (χ3n) is 1.85. The third kappa shape index (κ3) is 6.77. The monoisotopic (exact) mass is 208 g/mol. The quantitative estimate of drug-likeness (QED) is 0.619. The Morgan fingerprint density at radius 1 is 1.43 bits per heavy atom. The molecule has 0 aliphatic heterocycles. The number of halogens is 2. The summed E-state index contributed by atoms with van der Waals surface area (Å²) >= 11 is 0. The maximum absolute atomic E-state index is 12.6. The smallest absolute Gasteiger partial charge is 0.277 e. The molecule has 0 aromatic rings. The molecule has 0 aromatic heterocycles. The fraction of sp³-hybridized carbons (Fsp3) is 0.889. The summed E-state index contributed by atoms with van der Waals surface area (Å²) in [6.07, 6.45) is 3.01. The Morgan fingerprint density at radius 2 is 2.07 bits per heavy atom. The number of nitrogens with two attached hydrogens (primary N) is 1. The van der Waals surface area contributed by atoms with Gasteiger partial charge in [-0.25, -0.2) is 8.78 Å². The minimum absolute atomic E-state index is 0.314. The Kier molecular flexibility index (Phi) is 6.36. The van der Waals surface area contributed by atoms with Crippen LogP contribution in [0.2, 0.25) is 0 Å². The van der Waals surface area contributed by atoms with E-state index in [-0.39, 0.29) is 5.91 Å². The van der Waals surface area contributed by atoms with Gasteiger partial charge in [-0.1, -0.05) is 19.8 Å². The second-order valence-electron chi connectivity index (χ2n) is 3.29. The number of amides is 1. The highest BCUT2D eigenvalue weighted by molar-refractivity contribution is 5.75. The number of rotatable bonds is 7. The second-order valence-corrected chi connectivity index (χ2v) is 3.29. The van der Waals surface area contributed by atoms with E-state index in [2.05, 4.69) is 5.32 Å². The molecule has 0 saturated carbocycles. The van der Waals surface area contributed by atoms with Crippen LogP contribution in [0.15, 0.2) is 0 Å². The molecule has 0 aliphatic carbocycles. The van der Waals surface area contributed by atoms with Gasteiger partial charge < -0.3 is 11.1 Å². The van der Waals surface area contributed by atoms with Gasteiger partial charge in [-0.05, 0) is 6.42 Å². The Morgan fingerprint density at radius 3 is 2.57 bits per heavy atom. The topological polar surface area (TPSA) is 55.1 Å². The first-order chi connectivity index (χ1) is 6.52. The van der Waals surface area contributed by atoms with Gasteiger partial charge in [0.25, 0.3) is 5.92 Å². The van der Waals surface area contributed by atoms with Crippen molar-refractivity contribution in [2.24, 2.45) is 5.73 Å². The van der Waals surface area contributed by atoms with Gasteiger partial charge in [0.15, 0.2) is 0 Å². The van der Waals surface area contributed by atoms with E-state index < -0.39 is 19.0 Å². The van der Waals surface area contributed by atoms with Gasteiger partial charge in [-0.2, -0.15) is 0 Å². The van der Waals surface area contributed by atoms with E-state index in [9.17, 15) is 13.6 Å². The summed E-state index contributed by atoms with van der Waals surface area (Å²) in [5.41, 5.74) is 4.81. The normalized spacial score (nSPS) is 11.4. The summed E-state index contributed by atoms with van der Waals surface area (Å²) in [5.74, 6) is -3.31. The molecule has 0 spiro atoms. The standard InChI is InChI=1S/C9H18F2N2O/c1-2-3-4-5-8(14)13-7-9(10,11)6-12/h2-7,12H2,1H3,(H,13,14). The van der Waals surface area contributed by atoms with Crippen LogP contribution in [-0.2, 0) is 4.79 Å². The molecule has 84 valence electrons. The minimum Gasteiger partial charge on any atom is -0.350 e. The first kappa shape index (κ1) is 13.3. The molecule has 3 N–H and O–H groups in total. The zero-order valence-electron chi connectivity index (χ0n) is 8.48. The van der Waals surface area contributed by atoms with Crippen molar-refractivity contribution in [2.45, 2.75) is 38.5 Å². The van der Waals surface area contributed by atoms with Gasteiger partial charge in [-0.3, -0.25) is 4.79 Å². The molecule has 0 unspecified atom stereocenters. The summed E-state index contributed by atoms with van der Waals surface area (Å²) in [6.45, 7) is 0.622. The van der Waals surface area contributed by atoms with Crippen molar-refractivity contribution in [3.63, 3.8) is 0 Å². The molecule has 3 nitrogen and oxygen atoms in total. The van der Waals surface area contributed by atoms with Crippen LogP contribution in [0.4, 0.5) is 8.78 Å². The summed E-state index contributed by atoms with van der Waals surface area (Å²) in [4.78, 5) is 11.0. The second kappa shape index (κ2) is 6.70. The van der Waals surface area contributed by atoms with Crippen molar-refractivity contribution in [1.29, 1.82) is 0 Å². The summed E-state index contributed by atoms with van der Waals surface area (Å²) in [5, 5.41) is 2.16. The average molecular weight is 208 g/mol. The number of unbranched alkanes of at least 4 members (excludes halogenated alkanes) is 2. The SMILES string of the molecule is CCCCCC(=O)NCC(F)(F)CN. The van der Waals surface area contributed by atoms with Crippen LogP contribution >= 0.6 is 0 Å². The van der Waals surface area contributed by atoms with Crippen molar-refractivity contribution >= 4 is 5.91 Å². The van der Waals surface area contributed by atoms with Gasteiger partial charge in [0.1, 0.15) is 0 Å². The summed E-state index contributed by atoms with van der Waals surface area (Å²) in [7, 11) is 0. The van der Waals surface area contributed by atoms with Crippen molar-refractivity contribution in [2.75, 3.05) is 13.1 Å². The molecular formula is C9H18F2N2O. The largest absolute Gasteiger partial charge is 0.350 e. The highest BCUT2D eigenvalue weighted by atomic mass is 19.3. The maximum Gasteiger partial charge on any atom is 0.277 e. The van der Waals surface area contributed by atoms with Gasteiger partial charge in [0.05, 0.1) is 13.1 Å². The highest BCUT2D eigenvalue weighted by Crippen LogP contribution is 2.08. The van der Waals surface area contributed by atoms with E-state index >= 15 is 0 Å². The fourth-order valence-electron chi connectivity index (χ4n) is 0.924. The van der Waals surface area contributed by atoms with Crippen LogP contribution in [0, 0.1) is 0 Å². The van der Waals surface area contributed by atoms with Gasteiger partial charge in [-0.15, -0.1) is 0 Å². The summed E-state index contributed by atoms with van der Waals surface area (Å²) < 4.78 is 25.1. The lowest BCUT2D eigenvalue weighted by molar-refractivity contribution is -0.123. The lowest BCUT2D eigenvalue weighted by atomic mass is 10.2. The number of nitrogens with one attached hydrogen (secondary N) is 1. The predicted molar refractivity (Wildman–Crippen MR) is 51.2 cm³/mol. The zero-order chi connectivity index (χ0) is 11.0. The maximum atomic E-state index is 12.6. The Bertz CT molecular complexity index is 174. The van der Waals surface area contributed by atoms with Crippen LogP contribution in [-0.4, -0.2) is 24.9 Å². The Labute approximate surface area is 83.0 Å². The summed E-state index contributed by atoms with van der Waals surface area (Å²) in [6, 6.07) is 0. The van der Waals surface area contributed by atoms with Gasteiger partial charge in [0.2, 0.25) is 5.91 Å². The Hall–Kier alpha value is -0.710. The molecule has 0 fully saturated rings. The number of carbonyl (C=O) groups excluding carboxylic acids is 1. The van der Waals surface area contributed by atoms with E-state index in [1.54, 1.807) is 0 Å². The predicted octanol–water partition coefficient (Wildman–Crippen LogP) is 1.28. The molecule has 5 heteroatoms. The van der Waals surface area contributed by atoms with E-state index in [4.69, 9.17) is 5.73 Å². The molecule has 0 heterocycles. The minimum atomic E-state index is -2.99. The van der Waals surface area contributed by atoms with Gasteiger partial charge >= 0.3 is 0 Å². The van der Waals surface area contributed by atoms with Crippen LogP contribution in [0.3, 0.4) is 0 Å². The third-order valence-corrected chi connectivity index (χ3v) is 1.85. The van der Waals surface area contributed by atoms with Crippen LogP contribution in [0.25, 0.3) is 0 Å². The van der Waals surface area contributed by atoms with Crippen molar-refractivity contribution in [3.05, 3.63) is 0 Å². The fourth-order valence-corrected chi connectivity index (χ4v) is 0.924. The number of hydrogen-bond acceptors (Lipinski definition) is 2. The molecular weight excluding hydrogens is 190 g/mol. The number of hydrogen-bond donors (Lipinski definition) is 2. The lowest BCUT2D eigenvalue weighted by Gasteiger charge is -2.14. The molecule has 0 aliphatic rings. The van der Waals surface area contributed by atoms with Crippen molar-refractivity contribution < 1.29 is 13.6 Å². The van der Waals surface area contributed by atoms with E-state index in [0.29, 0.717) is 6.42 Å².